The summed E-state index contributed by atoms with van der Waals surface area (Å²) in [6.45, 7) is 3.81. The zero-order valence-corrected chi connectivity index (χ0v) is 8.10. The van der Waals surface area contributed by atoms with Gasteiger partial charge in [0, 0.05) is 23.7 Å². The van der Waals surface area contributed by atoms with E-state index < -0.39 is 0 Å². The minimum absolute atomic E-state index is 0.461. The molecule has 5 heteroatoms. The number of rotatable bonds is 1. The molecular formula is C9H11N5. The number of anilines is 1. The molecule has 0 aliphatic heterocycles. The molecule has 0 bridgehead atoms. The number of nitrogens with zero attached hydrogens (tertiary/aromatic N) is 4. The Bertz CT molecular complexity index is 440. The van der Waals surface area contributed by atoms with Crippen molar-refractivity contribution in [2.75, 3.05) is 5.73 Å². The number of aryl methyl sites for hydroxylation is 2. The highest BCUT2D eigenvalue weighted by molar-refractivity contribution is 5.33. The average Bonchev–Trinajstić information content (AvgIpc) is 2.49. The number of hydrogen-bond donors (Lipinski definition) is 1. The first-order valence-electron chi connectivity index (χ1n) is 4.29. The molecule has 2 N–H and O–H groups in total. The molecule has 0 unspecified atom stereocenters. The summed E-state index contributed by atoms with van der Waals surface area (Å²) < 4.78 is 1.66. The SMILES string of the molecule is Cc1cc(N)nc(-n2nccc2C)n1. The van der Waals surface area contributed by atoms with Crippen LogP contribution in [0.2, 0.25) is 0 Å². The predicted octanol–water partition coefficient (Wildman–Crippen LogP) is 0.861. The zero-order chi connectivity index (χ0) is 10.1. The van der Waals surface area contributed by atoms with Crippen LogP contribution < -0.4 is 5.73 Å². The Kier molecular flexibility index (Phi) is 1.92. The summed E-state index contributed by atoms with van der Waals surface area (Å²) >= 11 is 0. The lowest BCUT2D eigenvalue weighted by atomic mass is 10.4. The smallest absolute Gasteiger partial charge is 0.252 e. The summed E-state index contributed by atoms with van der Waals surface area (Å²) in [5.74, 6) is 0.979. The van der Waals surface area contributed by atoms with Crippen molar-refractivity contribution in [3.63, 3.8) is 0 Å². The molecule has 72 valence electrons. The van der Waals surface area contributed by atoms with Crippen LogP contribution in [-0.2, 0) is 0 Å². The van der Waals surface area contributed by atoms with Crippen molar-refractivity contribution in [2.24, 2.45) is 0 Å². The second-order valence-corrected chi connectivity index (χ2v) is 3.12. The maximum atomic E-state index is 5.62. The van der Waals surface area contributed by atoms with Crippen molar-refractivity contribution in [1.82, 2.24) is 19.7 Å². The van der Waals surface area contributed by atoms with E-state index >= 15 is 0 Å². The molecule has 0 aromatic carbocycles. The molecule has 2 rings (SSSR count). The molecular weight excluding hydrogens is 178 g/mol. The van der Waals surface area contributed by atoms with Crippen LogP contribution >= 0.6 is 0 Å². The van der Waals surface area contributed by atoms with E-state index in [9.17, 15) is 0 Å². The second-order valence-electron chi connectivity index (χ2n) is 3.12. The molecule has 14 heavy (non-hydrogen) atoms. The third-order valence-electron chi connectivity index (χ3n) is 1.88. The topological polar surface area (TPSA) is 69.6 Å². The number of aromatic nitrogens is 4. The molecule has 0 atom stereocenters. The quantitative estimate of drug-likeness (QED) is 0.722. The van der Waals surface area contributed by atoms with Crippen LogP contribution in [0.5, 0.6) is 0 Å². The largest absolute Gasteiger partial charge is 0.384 e. The number of nitrogen functional groups attached to an aromatic ring is 1. The molecule has 0 saturated heterocycles. The Morgan fingerprint density at radius 2 is 2.07 bits per heavy atom. The Balaban J connectivity index is 2.57. The van der Waals surface area contributed by atoms with Gasteiger partial charge >= 0.3 is 0 Å². The number of hydrogen-bond acceptors (Lipinski definition) is 4. The lowest BCUT2D eigenvalue weighted by molar-refractivity contribution is 0.779. The van der Waals surface area contributed by atoms with E-state index in [1.165, 1.54) is 0 Å². The predicted molar refractivity (Wildman–Crippen MR) is 53.0 cm³/mol. The molecule has 0 amide bonds. The fourth-order valence-electron chi connectivity index (χ4n) is 1.25. The average molecular weight is 189 g/mol. The van der Waals surface area contributed by atoms with Gasteiger partial charge in [-0.25, -0.2) is 9.67 Å². The van der Waals surface area contributed by atoms with Gasteiger partial charge in [0.05, 0.1) is 0 Å². The van der Waals surface area contributed by atoms with Crippen LogP contribution in [0, 0.1) is 13.8 Å². The first-order chi connectivity index (χ1) is 6.66. The van der Waals surface area contributed by atoms with Gasteiger partial charge in [0.2, 0.25) is 0 Å². The summed E-state index contributed by atoms with van der Waals surface area (Å²) in [5, 5.41) is 4.10. The minimum Gasteiger partial charge on any atom is -0.384 e. The van der Waals surface area contributed by atoms with Gasteiger partial charge in [-0.2, -0.15) is 10.1 Å². The Morgan fingerprint density at radius 1 is 1.29 bits per heavy atom. The number of nitrogens with two attached hydrogens (primary N) is 1. The van der Waals surface area contributed by atoms with E-state index in [-0.39, 0.29) is 0 Å². The zero-order valence-electron chi connectivity index (χ0n) is 8.10. The maximum Gasteiger partial charge on any atom is 0.252 e. The van der Waals surface area contributed by atoms with Crippen LogP contribution in [-0.4, -0.2) is 19.7 Å². The molecule has 2 aromatic heterocycles. The first kappa shape index (κ1) is 8.68. The normalized spacial score (nSPS) is 10.4. The van der Waals surface area contributed by atoms with Crippen LogP contribution in [0.25, 0.3) is 5.95 Å². The third kappa shape index (κ3) is 1.44. The molecule has 0 aliphatic rings. The molecule has 0 spiro atoms. The van der Waals surface area contributed by atoms with Crippen LogP contribution in [0.15, 0.2) is 18.3 Å². The molecule has 2 aromatic rings. The van der Waals surface area contributed by atoms with Crippen molar-refractivity contribution >= 4 is 5.82 Å². The fourth-order valence-corrected chi connectivity index (χ4v) is 1.25. The monoisotopic (exact) mass is 189 g/mol. The van der Waals surface area contributed by atoms with Crippen LogP contribution in [0.4, 0.5) is 5.82 Å². The Morgan fingerprint density at radius 3 is 2.64 bits per heavy atom. The van der Waals surface area contributed by atoms with Gasteiger partial charge in [0.25, 0.3) is 5.95 Å². The van der Waals surface area contributed by atoms with E-state index in [4.69, 9.17) is 5.73 Å². The summed E-state index contributed by atoms with van der Waals surface area (Å²) in [4.78, 5) is 8.35. The summed E-state index contributed by atoms with van der Waals surface area (Å²) in [6.07, 6.45) is 1.71. The van der Waals surface area contributed by atoms with Gasteiger partial charge in [-0.1, -0.05) is 0 Å². The standard InChI is InChI=1S/C9H11N5/c1-6-5-8(10)13-9(12-6)14-7(2)3-4-11-14/h3-5H,1-2H3,(H2,10,12,13). The van der Waals surface area contributed by atoms with Gasteiger partial charge in [-0.15, -0.1) is 0 Å². The molecule has 0 saturated carbocycles. The van der Waals surface area contributed by atoms with E-state index in [0.29, 0.717) is 11.8 Å². The third-order valence-corrected chi connectivity index (χ3v) is 1.88. The van der Waals surface area contributed by atoms with Crippen molar-refractivity contribution in [3.8, 4) is 5.95 Å². The highest BCUT2D eigenvalue weighted by Crippen LogP contribution is 2.07. The lowest BCUT2D eigenvalue weighted by Crippen LogP contribution is -2.07. The highest BCUT2D eigenvalue weighted by Gasteiger charge is 2.04. The van der Waals surface area contributed by atoms with E-state index in [1.54, 1.807) is 16.9 Å². The molecule has 0 fully saturated rings. The summed E-state index contributed by atoms with van der Waals surface area (Å²) in [7, 11) is 0. The van der Waals surface area contributed by atoms with Crippen LogP contribution in [0.3, 0.4) is 0 Å². The van der Waals surface area contributed by atoms with Crippen molar-refractivity contribution in [3.05, 3.63) is 29.7 Å². The summed E-state index contributed by atoms with van der Waals surface area (Å²) in [5.41, 5.74) is 7.44. The first-order valence-corrected chi connectivity index (χ1v) is 4.29. The highest BCUT2D eigenvalue weighted by atomic mass is 15.3. The maximum absolute atomic E-state index is 5.62. The van der Waals surface area contributed by atoms with Gasteiger partial charge in [0.15, 0.2) is 0 Å². The molecule has 0 radical (unpaired) electrons. The van der Waals surface area contributed by atoms with E-state index in [2.05, 4.69) is 15.1 Å². The Labute approximate surface area is 81.6 Å². The second kappa shape index (κ2) is 3.10. The summed E-state index contributed by atoms with van der Waals surface area (Å²) in [6, 6.07) is 3.62. The molecule has 5 nitrogen and oxygen atoms in total. The van der Waals surface area contributed by atoms with E-state index in [1.807, 2.05) is 19.9 Å². The molecule has 2 heterocycles. The van der Waals surface area contributed by atoms with Crippen molar-refractivity contribution < 1.29 is 0 Å². The van der Waals surface area contributed by atoms with Gasteiger partial charge in [0.1, 0.15) is 5.82 Å². The van der Waals surface area contributed by atoms with Gasteiger partial charge in [-0.3, -0.25) is 0 Å². The van der Waals surface area contributed by atoms with Crippen molar-refractivity contribution in [1.29, 1.82) is 0 Å². The van der Waals surface area contributed by atoms with Crippen molar-refractivity contribution in [2.45, 2.75) is 13.8 Å². The van der Waals surface area contributed by atoms with E-state index in [0.717, 1.165) is 11.4 Å². The minimum atomic E-state index is 0.461. The van der Waals surface area contributed by atoms with Crippen LogP contribution in [0.1, 0.15) is 11.4 Å². The van der Waals surface area contributed by atoms with Gasteiger partial charge < -0.3 is 5.73 Å². The fraction of sp³-hybridized carbons (Fsp3) is 0.222. The Hall–Kier alpha value is -1.91. The lowest BCUT2D eigenvalue weighted by Gasteiger charge is -2.03. The molecule has 0 aliphatic carbocycles. The van der Waals surface area contributed by atoms with Gasteiger partial charge in [-0.05, 0) is 19.9 Å².